The Morgan fingerprint density at radius 1 is 1.50 bits per heavy atom. The van der Waals surface area contributed by atoms with Gasteiger partial charge in [-0.05, 0) is 32.1 Å². The van der Waals surface area contributed by atoms with Gasteiger partial charge in [-0.15, -0.1) is 0 Å². The highest BCUT2D eigenvalue weighted by Gasteiger charge is 2.41. The van der Waals surface area contributed by atoms with Crippen molar-refractivity contribution >= 4 is 5.97 Å². The van der Waals surface area contributed by atoms with E-state index in [0.29, 0.717) is 18.3 Å². The van der Waals surface area contributed by atoms with E-state index in [2.05, 4.69) is 6.08 Å². The van der Waals surface area contributed by atoms with E-state index >= 15 is 0 Å². The van der Waals surface area contributed by atoms with Crippen molar-refractivity contribution in [2.24, 2.45) is 11.8 Å². The van der Waals surface area contributed by atoms with Crippen LogP contribution in [0.15, 0.2) is 23.6 Å². The highest BCUT2D eigenvalue weighted by molar-refractivity contribution is 5.69. The Morgan fingerprint density at radius 2 is 2.33 bits per heavy atom. The van der Waals surface area contributed by atoms with Crippen LogP contribution in [0.2, 0.25) is 0 Å². The van der Waals surface area contributed by atoms with E-state index < -0.39 is 0 Å². The molecule has 2 bridgehead atoms. The summed E-state index contributed by atoms with van der Waals surface area (Å²) < 4.78 is 5.41. The number of fused-ring (bicyclic) bond motifs is 2. The number of hydroxylamine groups is 2. The average Bonchev–Trinajstić information content (AvgIpc) is 3.03. The van der Waals surface area contributed by atoms with E-state index in [4.69, 9.17) is 9.57 Å². The summed E-state index contributed by atoms with van der Waals surface area (Å²) in [7, 11) is 0. The van der Waals surface area contributed by atoms with Gasteiger partial charge in [0.05, 0.1) is 5.70 Å². The molecule has 98 valence electrons. The fourth-order valence-electron chi connectivity index (χ4n) is 3.07. The van der Waals surface area contributed by atoms with Crippen LogP contribution in [0.5, 0.6) is 0 Å². The van der Waals surface area contributed by atoms with Gasteiger partial charge in [-0.3, -0.25) is 4.79 Å². The third-order valence-electron chi connectivity index (χ3n) is 3.94. The van der Waals surface area contributed by atoms with Gasteiger partial charge in [0.15, 0.2) is 0 Å². The van der Waals surface area contributed by atoms with E-state index in [1.165, 1.54) is 25.0 Å². The van der Waals surface area contributed by atoms with E-state index in [1.807, 2.05) is 13.0 Å². The molecule has 0 N–H and O–H groups in total. The molecule has 2 aliphatic carbocycles. The van der Waals surface area contributed by atoms with Crippen molar-refractivity contribution in [2.75, 3.05) is 0 Å². The van der Waals surface area contributed by atoms with Gasteiger partial charge in [-0.1, -0.05) is 13.0 Å². The van der Waals surface area contributed by atoms with Crippen LogP contribution in [0.3, 0.4) is 0 Å². The molecule has 1 fully saturated rings. The number of carbonyl (C=O) groups is 1. The average molecular weight is 249 g/mol. The predicted octanol–water partition coefficient (Wildman–Crippen LogP) is 2.73. The maximum atomic E-state index is 11.4. The molecule has 0 aromatic carbocycles. The molecular formula is C14H19NO3. The van der Waals surface area contributed by atoms with Crippen molar-refractivity contribution in [1.29, 1.82) is 0 Å². The van der Waals surface area contributed by atoms with Crippen LogP contribution >= 0.6 is 0 Å². The number of carbonyl (C=O) groups excluding carboxylic acids is 1. The van der Waals surface area contributed by atoms with E-state index in [1.54, 1.807) is 12.0 Å². The number of ether oxygens (including phenoxy) is 1. The summed E-state index contributed by atoms with van der Waals surface area (Å²) in [4.78, 5) is 17.1. The molecule has 1 saturated carbocycles. The number of nitrogens with zero attached hydrogens (tertiary/aromatic N) is 1. The first-order chi connectivity index (χ1) is 8.67. The lowest BCUT2D eigenvalue weighted by Gasteiger charge is -2.29. The second-order valence-corrected chi connectivity index (χ2v) is 5.29. The molecule has 1 heterocycles. The first-order valence-electron chi connectivity index (χ1n) is 6.74. The van der Waals surface area contributed by atoms with Gasteiger partial charge in [-0.2, -0.15) is 5.06 Å². The molecule has 0 radical (unpaired) electrons. The molecule has 4 nitrogen and oxygen atoms in total. The van der Waals surface area contributed by atoms with Crippen molar-refractivity contribution in [3.05, 3.63) is 23.6 Å². The van der Waals surface area contributed by atoms with Crippen LogP contribution in [-0.2, 0) is 14.4 Å². The molecule has 1 aliphatic heterocycles. The summed E-state index contributed by atoms with van der Waals surface area (Å²) in [6.45, 7) is 3.69. The molecule has 3 atom stereocenters. The van der Waals surface area contributed by atoms with Gasteiger partial charge in [0, 0.05) is 18.4 Å². The van der Waals surface area contributed by atoms with Crippen molar-refractivity contribution in [2.45, 2.75) is 45.8 Å². The van der Waals surface area contributed by atoms with Crippen molar-refractivity contribution < 1.29 is 14.4 Å². The monoisotopic (exact) mass is 249 g/mol. The summed E-state index contributed by atoms with van der Waals surface area (Å²) in [6.07, 6.45) is 7.89. The molecule has 3 unspecified atom stereocenters. The summed E-state index contributed by atoms with van der Waals surface area (Å²) >= 11 is 0. The second-order valence-electron chi connectivity index (χ2n) is 5.29. The molecule has 0 aromatic heterocycles. The number of hydrogen-bond donors (Lipinski definition) is 0. The Bertz CT molecular complexity index is 427. The molecule has 0 amide bonds. The van der Waals surface area contributed by atoms with Gasteiger partial charge in [-0.25, -0.2) is 0 Å². The van der Waals surface area contributed by atoms with Gasteiger partial charge < -0.3 is 9.57 Å². The Balaban J connectivity index is 1.75. The van der Waals surface area contributed by atoms with Gasteiger partial charge in [0.25, 0.3) is 0 Å². The summed E-state index contributed by atoms with van der Waals surface area (Å²) in [5.74, 6) is 1.88. The molecular weight excluding hydrogens is 230 g/mol. The molecule has 18 heavy (non-hydrogen) atoms. The predicted molar refractivity (Wildman–Crippen MR) is 65.8 cm³/mol. The minimum absolute atomic E-state index is 0.191. The molecule has 3 aliphatic rings. The fraction of sp³-hybridized carbons (Fsp3) is 0.643. The second kappa shape index (κ2) is 4.34. The van der Waals surface area contributed by atoms with Crippen molar-refractivity contribution in [1.82, 2.24) is 5.06 Å². The highest BCUT2D eigenvalue weighted by atomic mass is 16.7. The zero-order chi connectivity index (χ0) is 12.7. The van der Waals surface area contributed by atoms with Crippen LogP contribution in [0.1, 0.15) is 39.5 Å². The van der Waals surface area contributed by atoms with Crippen molar-refractivity contribution in [3.8, 4) is 0 Å². The normalized spacial score (nSPS) is 33.2. The van der Waals surface area contributed by atoms with Crippen LogP contribution in [0, 0.1) is 11.8 Å². The highest BCUT2D eigenvalue weighted by Crippen LogP contribution is 2.46. The van der Waals surface area contributed by atoms with Gasteiger partial charge in [0.1, 0.15) is 5.76 Å². The van der Waals surface area contributed by atoms with Crippen LogP contribution in [0.25, 0.3) is 0 Å². The quantitative estimate of drug-likeness (QED) is 0.721. The number of rotatable bonds is 3. The SMILES string of the molecule is CCC(=O)OC1C=C(C)ON1C1=CC2CCC1C2. The Labute approximate surface area is 107 Å². The fourth-order valence-corrected chi connectivity index (χ4v) is 3.07. The number of hydrogen-bond acceptors (Lipinski definition) is 4. The number of esters is 1. The summed E-state index contributed by atoms with van der Waals surface area (Å²) in [5, 5.41) is 1.78. The lowest BCUT2D eigenvalue weighted by Crippen LogP contribution is -2.34. The Morgan fingerprint density at radius 3 is 2.94 bits per heavy atom. The maximum Gasteiger partial charge on any atom is 0.307 e. The summed E-state index contributed by atoms with van der Waals surface area (Å²) in [6, 6.07) is 0. The number of allylic oxidation sites excluding steroid dienone is 3. The van der Waals surface area contributed by atoms with Crippen LogP contribution in [-0.4, -0.2) is 17.3 Å². The zero-order valence-electron chi connectivity index (χ0n) is 10.9. The van der Waals surface area contributed by atoms with E-state index in [9.17, 15) is 4.79 Å². The zero-order valence-corrected chi connectivity index (χ0v) is 10.9. The van der Waals surface area contributed by atoms with Crippen molar-refractivity contribution in [3.63, 3.8) is 0 Å². The third-order valence-corrected chi connectivity index (χ3v) is 3.94. The first-order valence-corrected chi connectivity index (χ1v) is 6.74. The molecule has 0 spiro atoms. The van der Waals surface area contributed by atoms with Crippen LogP contribution in [0.4, 0.5) is 0 Å². The topological polar surface area (TPSA) is 38.8 Å². The molecule has 0 saturated heterocycles. The Kier molecular flexibility index (Phi) is 2.80. The molecule has 0 aromatic rings. The third kappa shape index (κ3) is 1.89. The van der Waals surface area contributed by atoms with Crippen LogP contribution < -0.4 is 0 Å². The maximum absolute atomic E-state index is 11.4. The minimum Gasteiger partial charge on any atom is -0.434 e. The first kappa shape index (κ1) is 11.6. The van der Waals surface area contributed by atoms with E-state index in [0.717, 1.165) is 5.76 Å². The van der Waals surface area contributed by atoms with Gasteiger partial charge in [0.2, 0.25) is 6.23 Å². The minimum atomic E-state index is -0.386. The lowest BCUT2D eigenvalue weighted by molar-refractivity contribution is -0.185. The molecule has 3 rings (SSSR count). The Hall–Kier alpha value is -1.45. The van der Waals surface area contributed by atoms with E-state index in [-0.39, 0.29) is 12.2 Å². The smallest absolute Gasteiger partial charge is 0.307 e. The van der Waals surface area contributed by atoms with Gasteiger partial charge >= 0.3 is 5.97 Å². The lowest BCUT2D eigenvalue weighted by atomic mass is 10.0. The molecule has 4 heteroatoms. The standard InChI is InChI=1S/C14H19NO3/c1-3-14(16)17-13-6-9(2)18-15(13)12-8-10-4-5-11(12)7-10/h6,8,10-11,13H,3-5,7H2,1-2H3. The summed E-state index contributed by atoms with van der Waals surface area (Å²) in [5.41, 5.74) is 1.20. The largest absolute Gasteiger partial charge is 0.434 e.